The minimum Gasteiger partial charge on any atom is -0.497 e. The van der Waals surface area contributed by atoms with E-state index in [1.165, 1.54) is 0 Å². The SMILES string of the molecule is COc1ccc(Cn2c(C(Cc3c[nH]c4ccccc34)NC(=O)C3CNCCN3)nnc2C(C)c2c[nH]c3ccccc23)cc1. The Balaban J connectivity index is 1.31. The molecule has 3 unspecified atom stereocenters. The van der Waals surface area contributed by atoms with Crippen LogP contribution in [0, 0.1) is 0 Å². The zero-order chi connectivity index (χ0) is 30.8. The molecule has 0 saturated carbocycles. The molecule has 10 heteroatoms. The van der Waals surface area contributed by atoms with Gasteiger partial charge in [-0.2, -0.15) is 0 Å². The Labute approximate surface area is 261 Å². The van der Waals surface area contributed by atoms with Gasteiger partial charge in [0.1, 0.15) is 11.6 Å². The van der Waals surface area contributed by atoms with E-state index in [1.807, 2.05) is 36.5 Å². The topological polar surface area (TPSA) is 125 Å². The average molecular weight is 603 g/mol. The zero-order valence-corrected chi connectivity index (χ0v) is 25.5. The predicted octanol–water partition coefficient (Wildman–Crippen LogP) is 4.41. The second-order valence-corrected chi connectivity index (χ2v) is 11.7. The fraction of sp³-hybridized carbons (Fsp3) is 0.286. The molecule has 1 amide bonds. The number of hydrogen-bond acceptors (Lipinski definition) is 6. The van der Waals surface area contributed by atoms with Gasteiger partial charge < -0.3 is 35.2 Å². The number of methoxy groups -OCH3 is 1. The average Bonchev–Trinajstić information content (AvgIpc) is 3.82. The lowest BCUT2D eigenvalue weighted by Crippen LogP contribution is -2.56. The number of rotatable bonds is 10. The molecule has 0 spiro atoms. The second kappa shape index (κ2) is 12.6. The lowest BCUT2D eigenvalue weighted by molar-refractivity contribution is -0.124. The number of nitrogens with zero attached hydrogens (tertiary/aromatic N) is 3. The number of aromatic amines is 2. The number of carbonyl (C=O) groups is 1. The van der Waals surface area contributed by atoms with Gasteiger partial charge in [-0.15, -0.1) is 10.2 Å². The van der Waals surface area contributed by atoms with Crippen molar-refractivity contribution in [2.24, 2.45) is 0 Å². The van der Waals surface area contributed by atoms with E-state index < -0.39 is 6.04 Å². The maximum Gasteiger partial charge on any atom is 0.239 e. The Morgan fingerprint density at radius 1 is 0.933 bits per heavy atom. The van der Waals surface area contributed by atoms with Gasteiger partial charge in [0, 0.05) is 66.2 Å². The number of ether oxygens (including phenoxy) is 1. The molecule has 1 saturated heterocycles. The fourth-order valence-corrected chi connectivity index (χ4v) is 6.41. The van der Waals surface area contributed by atoms with Crippen molar-refractivity contribution in [2.45, 2.75) is 37.9 Å². The highest BCUT2D eigenvalue weighted by Crippen LogP contribution is 2.32. The molecular formula is C35H38N8O2. The first kappa shape index (κ1) is 28.8. The summed E-state index contributed by atoms with van der Waals surface area (Å²) in [7, 11) is 1.67. The lowest BCUT2D eigenvalue weighted by Gasteiger charge is -2.27. The van der Waals surface area contributed by atoms with Crippen molar-refractivity contribution >= 4 is 27.7 Å². The van der Waals surface area contributed by atoms with Crippen LogP contribution in [0.3, 0.4) is 0 Å². The van der Waals surface area contributed by atoms with Crippen LogP contribution in [0.2, 0.25) is 0 Å². The van der Waals surface area contributed by atoms with E-state index in [-0.39, 0.29) is 17.9 Å². The molecule has 3 aromatic heterocycles. The minimum absolute atomic E-state index is 0.0581. The number of benzene rings is 3. The molecule has 45 heavy (non-hydrogen) atoms. The number of carbonyl (C=O) groups excluding carboxylic acids is 1. The van der Waals surface area contributed by atoms with Crippen LogP contribution >= 0.6 is 0 Å². The molecule has 5 N–H and O–H groups in total. The third kappa shape index (κ3) is 5.82. The quantitative estimate of drug-likeness (QED) is 0.158. The van der Waals surface area contributed by atoms with Gasteiger partial charge in [0.2, 0.25) is 5.91 Å². The van der Waals surface area contributed by atoms with Crippen LogP contribution in [-0.2, 0) is 17.8 Å². The van der Waals surface area contributed by atoms with Gasteiger partial charge in [-0.25, -0.2) is 0 Å². The fourth-order valence-electron chi connectivity index (χ4n) is 6.41. The van der Waals surface area contributed by atoms with Crippen molar-refractivity contribution in [1.29, 1.82) is 0 Å². The summed E-state index contributed by atoms with van der Waals surface area (Å²) in [6.45, 7) is 4.86. The van der Waals surface area contributed by atoms with Crippen LogP contribution in [-0.4, -0.2) is 63.4 Å². The summed E-state index contributed by atoms with van der Waals surface area (Å²) in [5.41, 5.74) is 5.48. The van der Waals surface area contributed by atoms with Crippen molar-refractivity contribution in [2.75, 3.05) is 26.7 Å². The molecule has 0 aliphatic carbocycles. The van der Waals surface area contributed by atoms with Gasteiger partial charge in [0.05, 0.1) is 25.7 Å². The number of para-hydroxylation sites is 2. The van der Waals surface area contributed by atoms with Crippen molar-refractivity contribution in [3.8, 4) is 5.75 Å². The molecule has 1 fully saturated rings. The molecule has 10 nitrogen and oxygen atoms in total. The predicted molar refractivity (Wildman–Crippen MR) is 175 cm³/mol. The maximum absolute atomic E-state index is 13.7. The molecule has 7 rings (SSSR count). The van der Waals surface area contributed by atoms with Gasteiger partial charge in [-0.05, 0) is 41.0 Å². The van der Waals surface area contributed by atoms with Crippen LogP contribution in [0.15, 0.2) is 85.2 Å². The number of nitrogens with one attached hydrogen (secondary N) is 5. The second-order valence-electron chi connectivity index (χ2n) is 11.7. The van der Waals surface area contributed by atoms with E-state index in [9.17, 15) is 4.79 Å². The lowest BCUT2D eigenvalue weighted by atomic mass is 9.99. The van der Waals surface area contributed by atoms with Gasteiger partial charge in [0.25, 0.3) is 0 Å². The van der Waals surface area contributed by atoms with Crippen molar-refractivity contribution in [1.82, 2.24) is 40.7 Å². The summed E-state index contributed by atoms with van der Waals surface area (Å²) in [6.07, 6.45) is 4.65. The van der Waals surface area contributed by atoms with Crippen molar-refractivity contribution in [3.63, 3.8) is 0 Å². The molecule has 0 bridgehead atoms. The van der Waals surface area contributed by atoms with E-state index in [1.54, 1.807) is 7.11 Å². The van der Waals surface area contributed by atoms with E-state index in [0.29, 0.717) is 19.5 Å². The molecule has 1 aliphatic heterocycles. The van der Waals surface area contributed by atoms with Gasteiger partial charge >= 0.3 is 0 Å². The largest absolute Gasteiger partial charge is 0.497 e. The Morgan fingerprint density at radius 3 is 2.40 bits per heavy atom. The smallest absolute Gasteiger partial charge is 0.239 e. The van der Waals surface area contributed by atoms with Gasteiger partial charge in [0.15, 0.2) is 5.82 Å². The van der Waals surface area contributed by atoms with Crippen LogP contribution < -0.4 is 20.7 Å². The van der Waals surface area contributed by atoms with E-state index in [4.69, 9.17) is 14.9 Å². The number of aromatic nitrogens is 5. The summed E-state index contributed by atoms with van der Waals surface area (Å²) in [4.78, 5) is 20.5. The Morgan fingerprint density at radius 2 is 1.64 bits per heavy atom. The molecule has 3 atom stereocenters. The van der Waals surface area contributed by atoms with Crippen LogP contribution in [0.5, 0.6) is 5.75 Å². The molecule has 4 heterocycles. The first-order chi connectivity index (χ1) is 22.1. The minimum atomic E-state index is -0.421. The number of piperazine rings is 1. The van der Waals surface area contributed by atoms with Gasteiger partial charge in [-0.1, -0.05) is 55.5 Å². The first-order valence-electron chi connectivity index (χ1n) is 15.5. The Kier molecular flexibility index (Phi) is 8.06. The highest BCUT2D eigenvalue weighted by atomic mass is 16.5. The summed E-state index contributed by atoms with van der Waals surface area (Å²) in [5, 5.41) is 22.0. The standard InChI is InChI=1S/C35H38N8O2/c1-22(28-19-39-30-10-6-4-8-27(28)30)33-41-42-34(43(33)21-23-11-13-25(45-2)14-12-23)31(40-35(44)32-20-36-15-16-37-32)17-24-18-38-29-9-5-3-7-26(24)29/h3-14,18-19,22,31-32,36-39H,15-17,20-21H2,1-2H3,(H,40,44). The number of H-pyrrole nitrogens is 2. The highest BCUT2D eigenvalue weighted by Gasteiger charge is 2.30. The highest BCUT2D eigenvalue weighted by molar-refractivity contribution is 5.85. The molecule has 6 aromatic rings. The molecule has 3 aromatic carbocycles. The molecule has 1 aliphatic rings. The van der Waals surface area contributed by atoms with E-state index in [2.05, 4.69) is 86.1 Å². The molecule has 0 radical (unpaired) electrons. The Bertz CT molecular complexity index is 1920. The summed E-state index contributed by atoms with van der Waals surface area (Å²) in [6, 6.07) is 23.9. The van der Waals surface area contributed by atoms with Crippen LogP contribution in [0.1, 0.15) is 47.2 Å². The van der Waals surface area contributed by atoms with E-state index >= 15 is 0 Å². The maximum atomic E-state index is 13.7. The van der Waals surface area contributed by atoms with Crippen LogP contribution in [0.25, 0.3) is 21.8 Å². The first-order valence-corrected chi connectivity index (χ1v) is 15.5. The molecular weight excluding hydrogens is 564 g/mol. The van der Waals surface area contributed by atoms with Crippen molar-refractivity contribution < 1.29 is 9.53 Å². The van der Waals surface area contributed by atoms with Crippen LogP contribution in [0.4, 0.5) is 0 Å². The summed E-state index contributed by atoms with van der Waals surface area (Å²) in [5.74, 6) is 2.23. The number of amides is 1. The summed E-state index contributed by atoms with van der Waals surface area (Å²) < 4.78 is 7.60. The number of hydrogen-bond donors (Lipinski definition) is 5. The summed E-state index contributed by atoms with van der Waals surface area (Å²) >= 11 is 0. The monoisotopic (exact) mass is 602 g/mol. The molecule has 230 valence electrons. The third-order valence-electron chi connectivity index (χ3n) is 8.87. The third-order valence-corrected chi connectivity index (χ3v) is 8.87. The Hall–Kier alpha value is -4.93. The van der Waals surface area contributed by atoms with Crippen molar-refractivity contribution in [3.05, 3.63) is 114 Å². The normalized spacial score (nSPS) is 16.5. The van der Waals surface area contributed by atoms with E-state index in [0.717, 1.165) is 69.0 Å². The van der Waals surface area contributed by atoms with Gasteiger partial charge in [-0.3, -0.25) is 4.79 Å². The zero-order valence-electron chi connectivity index (χ0n) is 25.5. The number of fused-ring (bicyclic) bond motifs is 2.